The van der Waals surface area contributed by atoms with E-state index >= 15 is 0 Å². The second-order valence-electron chi connectivity index (χ2n) is 5.17. The zero-order valence-electron chi connectivity index (χ0n) is 13.1. The molecule has 2 atom stereocenters. The molecular weight excluding hydrogens is 372 g/mol. The summed E-state index contributed by atoms with van der Waals surface area (Å²) in [6.07, 6.45) is 3.14. The van der Waals surface area contributed by atoms with Gasteiger partial charge in [-0.2, -0.15) is 0 Å². The van der Waals surface area contributed by atoms with Gasteiger partial charge in [0.05, 0.1) is 6.61 Å². The number of carbonyl (C=O) groups excluding carboxylic acids is 2. The van der Waals surface area contributed by atoms with Gasteiger partial charge >= 0.3 is 11.9 Å². The maximum Gasteiger partial charge on any atom is 0.323 e. The molecule has 22 heavy (non-hydrogen) atoms. The summed E-state index contributed by atoms with van der Waals surface area (Å²) in [7, 11) is 0. The summed E-state index contributed by atoms with van der Waals surface area (Å²) >= 11 is 1.12. The Morgan fingerprint density at radius 1 is 1.50 bits per heavy atom. The SMILES string of the molecule is Br.CCCCCC1(C(=O)OCC)CC(CSC(=N)N)OC1=O. The lowest BCUT2D eigenvalue weighted by molar-refractivity contribution is -0.165. The van der Waals surface area contributed by atoms with Crippen LogP contribution in [0.5, 0.6) is 0 Å². The first kappa shape index (κ1) is 21.2. The minimum absolute atomic E-state index is 0. The molecule has 0 spiro atoms. The monoisotopic (exact) mass is 396 g/mol. The van der Waals surface area contributed by atoms with Crippen molar-refractivity contribution >= 4 is 45.8 Å². The number of thioether (sulfide) groups is 1. The van der Waals surface area contributed by atoms with Gasteiger partial charge < -0.3 is 15.2 Å². The van der Waals surface area contributed by atoms with E-state index in [1.54, 1.807) is 6.92 Å². The third-order valence-electron chi connectivity index (χ3n) is 3.54. The Hall–Kier alpha value is -0.760. The van der Waals surface area contributed by atoms with E-state index in [4.69, 9.17) is 20.6 Å². The van der Waals surface area contributed by atoms with Gasteiger partial charge in [0.2, 0.25) is 0 Å². The first-order chi connectivity index (χ1) is 9.96. The van der Waals surface area contributed by atoms with E-state index in [1.807, 2.05) is 0 Å². The summed E-state index contributed by atoms with van der Waals surface area (Å²) in [5.74, 6) is -0.580. The summed E-state index contributed by atoms with van der Waals surface area (Å²) in [6, 6.07) is 0. The minimum Gasteiger partial charge on any atom is -0.465 e. The Bertz CT molecular complexity index is 408. The average Bonchev–Trinajstić information content (AvgIpc) is 2.75. The molecule has 128 valence electrons. The summed E-state index contributed by atoms with van der Waals surface area (Å²) in [5, 5.41) is 7.18. The van der Waals surface area contributed by atoms with E-state index in [1.165, 1.54) is 0 Å². The molecule has 0 radical (unpaired) electrons. The Morgan fingerprint density at radius 3 is 2.73 bits per heavy atom. The lowest BCUT2D eigenvalue weighted by Crippen LogP contribution is -2.37. The Labute approximate surface area is 146 Å². The summed E-state index contributed by atoms with van der Waals surface area (Å²) in [5.41, 5.74) is 4.12. The number of halogens is 1. The van der Waals surface area contributed by atoms with Crippen LogP contribution in [0.2, 0.25) is 0 Å². The van der Waals surface area contributed by atoms with Crippen LogP contribution in [0, 0.1) is 10.8 Å². The molecule has 1 aliphatic rings. The molecule has 0 aliphatic carbocycles. The largest absolute Gasteiger partial charge is 0.465 e. The molecule has 1 fully saturated rings. The molecule has 0 aromatic rings. The molecule has 0 saturated carbocycles. The molecule has 0 bridgehead atoms. The zero-order chi connectivity index (χ0) is 15.9. The standard InChI is InChI=1S/C14H24N2O4S.BrH/c1-3-5-6-7-14(11(17)19-4-2)8-10(20-12(14)18)9-21-13(15)16;/h10H,3-9H2,1-2H3,(H3,15,16);1H. The Morgan fingerprint density at radius 2 is 2.18 bits per heavy atom. The lowest BCUT2D eigenvalue weighted by Gasteiger charge is -2.22. The highest BCUT2D eigenvalue weighted by molar-refractivity contribution is 8.93. The number of nitrogens with two attached hydrogens (primary N) is 1. The van der Waals surface area contributed by atoms with Crippen molar-refractivity contribution in [3.8, 4) is 0 Å². The molecule has 0 amide bonds. The van der Waals surface area contributed by atoms with Gasteiger partial charge in [-0.05, 0) is 13.3 Å². The third-order valence-corrected chi connectivity index (χ3v) is 4.39. The molecule has 0 aromatic carbocycles. The Balaban J connectivity index is 0.00000441. The van der Waals surface area contributed by atoms with E-state index in [-0.39, 0.29) is 28.8 Å². The number of unbranched alkanes of at least 4 members (excludes halogenated alkanes) is 2. The van der Waals surface area contributed by atoms with Crippen LogP contribution >= 0.6 is 28.7 Å². The van der Waals surface area contributed by atoms with Crippen molar-refractivity contribution in [1.29, 1.82) is 5.41 Å². The van der Waals surface area contributed by atoms with Gasteiger partial charge in [0, 0.05) is 12.2 Å². The normalized spacial score (nSPS) is 23.5. The fourth-order valence-corrected chi connectivity index (χ4v) is 3.02. The smallest absolute Gasteiger partial charge is 0.323 e. The molecule has 1 aliphatic heterocycles. The van der Waals surface area contributed by atoms with Gasteiger partial charge in [-0.3, -0.25) is 15.0 Å². The van der Waals surface area contributed by atoms with Crippen molar-refractivity contribution in [1.82, 2.24) is 0 Å². The van der Waals surface area contributed by atoms with E-state index in [9.17, 15) is 9.59 Å². The number of cyclic esters (lactones) is 1. The molecule has 6 nitrogen and oxygen atoms in total. The minimum atomic E-state index is -1.17. The fourth-order valence-electron chi connectivity index (χ4n) is 2.47. The second-order valence-corrected chi connectivity index (χ2v) is 6.23. The zero-order valence-corrected chi connectivity index (χ0v) is 15.6. The molecule has 2 unspecified atom stereocenters. The number of ether oxygens (including phenoxy) is 2. The summed E-state index contributed by atoms with van der Waals surface area (Å²) in [4.78, 5) is 24.5. The van der Waals surface area contributed by atoms with Crippen molar-refractivity contribution in [2.75, 3.05) is 12.4 Å². The average molecular weight is 397 g/mol. The number of hydrogen-bond acceptors (Lipinski definition) is 6. The number of carbonyl (C=O) groups is 2. The molecule has 1 saturated heterocycles. The number of rotatable bonds is 8. The summed E-state index contributed by atoms with van der Waals surface area (Å²) < 4.78 is 10.4. The van der Waals surface area contributed by atoms with Gasteiger partial charge in [0.15, 0.2) is 10.6 Å². The Kier molecular flexibility index (Phi) is 9.75. The van der Waals surface area contributed by atoms with Crippen LogP contribution < -0.4 is 5.73 Å². The van der Waals surface area contributed by atoms with Crippen LogP contribution in [0.3, 0.4) is 0 Å². The van der Waals surface area contributed by atoms with Crippen LogP contribution in [-0.4, -0.2) is 35.6 Å². The third kappa shape index (κ3) is 5.46. The number of hydrogen-bond donors (Lipinski definition) is 2. The van der Waals surface area contributed by atoms with Gasteiger partial charge in [0.1, 0.15) is 6.10 Å². The molecule has 3 N–H and O–H groups in total. The number of amidine groups is 1. The highest BCUT2D eigenvalue weighted by atomic mass is 79.9. The van der Waals surface area contributed by atoms with Crippen LogP contribution in [0.1, 0.15) is 46.0 Å². The quantitative estimate of drug-likeness (QED) is 0.215. The van der Waals surface area contributed by atoms with Gasteiger partial charge in [0.25, 0.3) is 0 Å². The van der Waals surface area contributed by atoms with E-state index in [0.29, 0.717) is 18.6 Å². The van der Waals surface area contributed by atoms with Crippen molar-refractivity contribution in [3.63, 3.8) is 0 Å². The van der Waals surface area contributed by atoms with Gasteiger partial charge in [-0.1, -0.05) is 37.9 Å². The van der Waals surface area contributed by atoms with Gasteiger partial charge in [-0.15, -0.1) is 17.0 Å². The highest BCUT2D eigenvalue weighted by Gasteiger charge is 2.55. The van der Waals surface area contributed by atoms with Crippen molar-refractivity contribution < 1.29 is 19.1 Å². The second kappa shape index (κ2) is 10.1. The van der Waals surface area contributed by atoms with E-state index in [0.717, 1.165) is 31.0 Å². The molecule has 8 heteroatoms. The highest BCUT2D eigenvalue weighted by Crippen LogP contribution is 2.41. The van der Waals surface area contributed by atoms with Crippen molar-refractivity contribution in [3.05, 3.63) is 0 Å². The molecule has 1 heterocycles. The van der Waals surface area contributed by atoms with Crippen molar-refractivity contribution in [2.24, 2.45) is 11.1 Å². The first-order valence-electron chi connectivity index (χ1n) is 7.31. The maximum atomic E-state index is 12.3. The van der Waals surface area contributed by atoms with Crippen molar-refractivity contribution in [2.45, 2.75) is 52.1 Å². The van der Waals surface area contributed by atoms with Crippen LogP contribution in [0.15, 0.2) is 0 Å². The number of nitrogens with one attached hydrogen (secondary N) is 1. The molecular formula is C14H25BrN2O4S. The number of esters is 2. The summed E-state index contributed by atoms with van der Waals surface area (Å²) in [6.45, 7) is 4.03. The predicted molar refractivity (Wildman–Crippen MR) is 92.4 cm³/mol. The van der Waals surface area contributed by atoms with E-state index < -0.39 is 23.5 Å². The van der Waals surface area contributed by atoms with Crippen LogP contribution in [0.25, 0.3) is 0 Å². The topological polar surface area (TPSA) is 102 Å². The van der Waals surface area contributed by atoms with E-state index in [2.05, 4.69) is 6.92 Å². The van der Waals surface area contributed by atoms with Gasteiger partial charge in [-0.25, -0.2) is 0 Å². The lowest BCUT2D eigenvalue weighted by atomic mass is 9.80. The van der Waals surface area contributed by atoms with Crippen LogP contribution in [0.4, 0.5) is 0 Å². The maximum absolute atomic E-state index is 12.3. The first-order valence-corrected chi connectivity index (χ1v) is 8.30. The van der Waals surface area contributed by atoms with Crippen LogP contribution in [-0.2, 0) is 19.1 Å². The fraction of sp³-hybridized carbons (Fsp3) is 0.786. The molecule has 1 rings (SSSR count). The molecule has 0 aromatic heterocycles. The predicted octanol–water partition coefficient (Wildman–Crippen LogP) is 2.64.